The minimum Gasteiger partial charge on any atom is -0.481 e. The molecule has 1 N–H and O–H groups in total. The van der Waals surface area contributed by atoms with E-state index in [9.17, 15) is 19.2 Å². The zero-order valence-electron chi connectivity index (χ0n) is 12.5. The second-order valence-corrected chi connectivity index (χ2v) is 5.16. The van der Waals surface area contributed by atoms with Gasteiger partial charge >= 0.3 is 11.9 Å². The molecule has 0 aliphatic carbocycles. The average molecular weight is 307 g/mol. The molecule has 0 amide bonds. The van der Waals surface area contributed by atoms with Crippen molar-refractivity contribution in [1.29, 1.82) is 5.26 Å². The summed E-state index contributed by atoms with van der Waals surface area (Å²) >= 11 is 0. The molecule has 6 heteroatoms. The number of hydrogen-bond donors (Lipinski definition) is 1. The molecule has 1 aromatic rings. The third kappa shape index (κ3) is 4.55. The molecule has 0 heterocycles. The summed E-state index contributed by atoms with van der Waals surface area (Å²) in [5, 5.41) is 18.5. The van der Waals surface area contributed by atoms with Crippen molar-refractivity contribution >= 4 is 11.9 Å². The largest absolute Gasteiger partial charge is 0.481 e. The number of halogens is 1. The van der Waals surface area contributed by atoms with E-state index >= 15 is 0 Å². The Balaban J connectivity index is 3.11. The molecule has 0 fully saturated rings. The predicted octanol–water partition coefficient (Wildman–Crippen LogP) is 2.79. The Labute approximate surface area is 128 Å². The third-order valence-corrected chi connectivity index (χ3v) is 3.42. The van der Waals surface area contributed by atoms with E-state index in [2.05, 4.69) is 0 Å². The average Bonchev–Trinajstić information content (AvgIpc) is 2.46. The molecule has 0 radical (unpaired) electrons. The Bertz CT molecular complexity index is 579. The number of nitrogens with zero attached hydrogens (tertiary/aromatic N) is 1. The molecule has 1 rings (SSSR count). The van der Waals surface area contributed by atoms with Crippen LogP contribution in [0.1, 0.15) is 38.7 Å². The number of rotatable bonds is 7. The SMILES string of the molecule is CCC(C)OC(=O)CC(C#N)(CC(=O)O)c1ccc(F)cc1. The molecule has 0 bridgehead atoms. The number of carbonyl (C=O) groups excluding carboxylic acids is 1. The zero-order chi connectivity index (χ0) is 16.8. The fourth-order valence-electron chi connectivity index (χ4n) is 2.03. The van der Waals surface area contributed by atoms with Gasteiger partial charge in [0.2, 0.25) is 0 Å². The van der Waals surface area contributed by atoms with E-state index in [1.807, 2.05) is 13.0 Å². The van der Waals surface area contributed by atoms with Crippen molar-refractivity contribution in [3.63, 3.8) is 0 Å². The summed E-state index contributed by atoms with van der Waals surface area (Å²) in [6.45, 7) is 3.55. The highest BCUT2D eigenvalue weighted by atomic mass is 19.1. The first-order valence-electron chi connectivity index (χ1n) is 6.91. The van der Waals surface area contributed by atoms with Crippen LogP contribution in [0.25, 0.3) is 0 Å². The van der Waals surface area contributed by atoms with Gasteiger partial charge in [-0.3, -0.25) is 9.59 Å². The fraction of sp³-hybridized carbons (Fsp3) is 0.438. The van der Waals surface area contributed by atoms with Gasteiger partial charge in [0, 0.05) is 0 Å². The number of carboxylic acids is 1. The van der Waals surface area contributed by atoms with Crippen molar-refractivity contribution in [2.45, 2.75) is 44.6 Å². The molecule has 0 spiro atoms. The van der Waals surface area contributed by atoms with Crippen molar-refractivity contribution in [2.24, 2.45) is 0 Å². The molecule has 2 unspecified atom stereocenters. The van der Waals surface area contributed by atoms with Crippen LogP contribution >= 0.6 is 0 Å². The normalized spacial score (nSPS) is 14.5. The molecule has 0 aliphatic rings. The molecule has 5 nitrogen and oxygen atoms in total. The lowest BCUT2D eigenvalue weighted by Gasteiger charge is -2.25. The number of ether oxygens (including phenoxy) is 1. The lowest BCUT2D eigenvalue weighted by molar-refractivity contribution is -0.149. The molecule has 2 atom stereocenters. The van der Waals surface area contributed by atoms with Crippen molar-refractivity contribution in [2.75, 3.05) is 0 Å². The molecular weight excluding hydrogens is 289 g/mol. The second-order valence-electron chi connectivity index (χ2n) is 5.16. The third-order valence-electron chi connectivity index (χ3n) is 3.42. The predicted molar refractivity (Wildman–Crippen MR) is 76.4 cm³/mol. The topological polar surface area (TPSA) is 87.4 Å². The Hall–Kier alpha value is -2.42. The number of nitriles is 1. The summed E-state index contributed by atoms with van der Waals surface area (Å²) in [7, 11) is 0. The maximum atomic E-state index is 13.0. The van der Waals surface area contributed by atoms with Gasteiger partial charge in [0.15, 0.2) is 0 Å². The molecule has 0 saturated carbocycles. The van der Waals surface area contributed by atoms with E-state index in [1.54, 1.807) is 6.92 Å². The number of benzene rings is 1. The first-order valence-corrected chi connectivity index (χ1v) is 6.91. The highest BCUT2D eigenvalue weighted by Gasteiger charge is 2.38. The van der Waals surface area contributed by atoms with Crippen LogP contribution < -0.4 is 0 Å². The van der Waals surface area contributed by atoms with Crippen LogP contribution in [-0.2, 0) is 19.7 Å². The van der Waals surface area contributed by atoms with E-state index in [0.717, 1.165) is 12.1 Å². The van der Waals surface area contributed by atoms with Crippen molar-refractivity contribution in [1.82, 2.24) is 0 Å². The number of aliphatic carboxylic acids is 1. The number of carbonyl (C=O) groups is 2. The van der Waals surface area contributed by atoms with E-state index in [1.165, 1.54) is 12.1 Å². The monoisotopic (exact) mass is 307 g/mol. The van der Waals surface area contributed by atoms with E-state index in [-0.39, 0.29) is 11.7 Å². The van der Waals surface area contributed by atoms with Crippen LogP contribution in [0.4, 0.5) is 4.39 Å². The lowest BCUT2D eigenvalue weighted by Crippen LogP contribution is -2.32. The minimum atomic E-state index is -1.58. The van der Waals surface area contributed by atoms with Crippen LogP contribution in [0.2, 0.25) is 0 Å². The van der Waals surface area contributed by atoms with Gasteiger partial charge in [-0.2, -0.15) is 5.26 Å². The van der Waals surface area contributed by atoms with Crippen LogP contribution in [0.15, 0.2) is 24.3 Å². The molecule has 118 valence electrons. The van der Waals surface area contributed by atoms with E-state index in [4.69, 9.17) is 9.84 Å². The summed E-state index contributed by atoms with van der Waals surface area (Å²) in [5.74, 6) is -2.38. The Kier molecular flexibility index (Phi) is 6.05. The standard InChI is InChI=1S/C16H18FNO4/c1-3-11(2)22-15(21)9-16(10-18,8-14(19)20)12-4-6-13(17)7-5-12/h4-7,11H,3,8-9H2,1-2H3,(H,19,20). The summed E-state index contributed by atoms with van der Waals surface area (Å²) in [6, 6.07) is 6.79. The van der Waals surface area contributed by atoms with Gasteiger partial charge in [-0.1, -0.05) is 19.1 Å². The highest BCUT2D eigenvalue weighted by Crippen LogP contribution is 2.32. The van der Waals surface area contributed by atoms with Gasteiger partial charge in [-0.15, -0.1) is 0 Å². The Morgan fingerprint density at radius 3 is 2.41 bits per heavy atom. The maximum Gasteiger partial charge on any atom is 0.308 e. The summed E-state index contributed by atoms with van der Waals surface area (Å²) < 4.78 is 18.2. The van der Waals surface area contributed by atoms with Gasteiger partial charge in [0.1, 0.15) is 11.2 Å². The summed E-state index contributed by atoms with van der Waals surface area (Å²) in [4.78, 5) is 23.1. The van der Waals surface area contributed by atoms with Crippen LogP contribution in [-0.4, -0.2) is 23.1 Å². The smallest absolute Gasteiger partial charge is 0.308 e. The van der Waals surface area contributed by atoms with Gasteiger partial charge in [-0.25, -0.2) is 4.39 Å². The summed E-state index contributed by atoms with van der Waals surface area (Å²) in [6.07, 6.45) is -0.668. The molecule has 22 heavy (non-hydrogen) atoms. The van der Waals surface area contributed by atoms with Crippen molar-refractivity contribution in [3.05, 3.63) is 35.6 Å². The first kappa shape index (κ1) is 17.6. The van der Waals surface area contributed by atoms with Gasteiger partial charge < -0.3 is 9.84 Å². The zero-order valence-corrected chi connectivity index (χ0v) is 12.5. The van der Waals surface area contributed by atoms with E-state index < -0.39 is 36.0 Å². The van der Waals surface area contributed by atoms with Gasteiger partial charge in [0.25, 0.3) is 0 Å². The van der Waals surface area contributed by atoms with Crippen LogP contribution in [0, 0.1) is 17.1 Å². The lowest BCUT2D eigenvalue weighted by atomic mass is 9.76. The van der Waals surface area contributed by atoms with Crippen LogP contribution in [0.5, 0.6) is 0 Å². The molecule has 1 aromatic carbocycles. The molecule has 0 saturated heterocycles. The molecule has 0 aliphatic heterocycles. The highest BCUT2D eigenvalue weighted by molar-refractivity contribution is 5.76. The van der Waals surface area contributed by atoms with Crippen molar-refractivity contribution in [3.8, 4) is 6.07 Å². The van der Waals surface area contributed by atoms with Gasteiger partial charge in [-0.05, 0) is 31.0 Å². The second kappa shape index (κ2) is 7.55. The number of carboxylic acid groups (broad SMARTS) is 1. The molecular formula is C16H18FNO4. The number of esters is 1. The Morgan fingerprint density at radius 1 is 1.36 bits per heavy atom. The maximum absolute atomic E-state index is 13.0. The number of hydrogen-bond acceptors (Lipinski definition) is 4. The first-order chi connectivity index (χ1) is 10.3. The Morgan fingerprint density at radius 2 is 1.95 bits per heavy atom. The summed E-state index contributed by atoms with van der Waals surface area (Å²) in [5.41, 5.74) is -1.30. The quantitative estimate of drug-likeness (QED) is 0.783. The van der Waals surface area contributed by atoms with Crippen molar-refractivity contribution < 1.29 is 23.8 Å². The van der Waals surface area contributed by atoms with Gasteiger partial charge in [0.05, 0.1) is 25.0 Å². The van der Waals surface area contributed by atoms with E-state index in [0.29, 0.717) is 6.42 Å². The fourth-order valence-corrected chi connectivity index (χ4v) is 2.03. The molecule has 0 aromatic heterocycles. The van der Waals surface area contributed by atoms with Crippen LogP contribution in [0.3, 0.4) is 0 Å². The minimum absolute atomic E-state index is 0.278.